The van der Waals surface area contributed by atoms with E-state index in [0.717, 1.165) is 10.5 Å². The third-order valence-corrected chi connectivity index (χ3v) is 5.00. The van der Waals surface area contributed by atoms with Crippen LogP contribution < -0.4 is 10.5 Å². The fraction of sp³-hybridized carbons (Fsp3) is 0. The van der Waals surface area contributed by atoms with E-state index in [2.05, 4.69) is 36.6 Å². The Morgan fingerprint density at radius 2 is 1.76 bits per heavy atom. The van der Waals surface area contributed by atoms with Crippen molar-refractivity contribution in [3.63, 3.8) is 0 Å². The van der Waals surface area contributed by atoms with Gasteiger partial charge in [0.05, 0.1) is 5.69 Å². The maximum Gasteiger partial charge on any atom is 0.265 e. The first kappa shape index (κ1) is 16.2. The van der Waals surface area contributed by atoms with Crippen molar-refractivity contribution >= 4 is 53.3 Å². The minimum Gasteiger partial charge on any atom is -0.399 e. The van der Waals surface area contributed by atoms with Crippen LogP contribution in [-0.4, -0.2) is 8.42 Å². The summed E-state index contributed by atoms with van der Waals surface area (Å²) in [6.45, 7) is 0. The number of anilines is 2. The van der Waals surface area contributed by atoms with Crippen LogP contribution in [0.15, 0.2) is 44.2 Å². The first-order valence-corrected chi connectivity index (χ1v) is 8.50. The van der Waals surface area contributed by atoms with Crippen LogP contribution in [-0.2, 0) is 10.0 Å². The number of nitrogens with one attached hydrogen (secondary N) is 1. The van der Waals surface area contributed by atoms with Crippen LogP contribution in [0.4, 0.5) is 20.2 Å². The van der Waals surface area contributed by atoms with Crippen LogP contribution in [0.3, 0.4) is 0 Å². The number of sulfonamides is 1. The second-order valence-corrected chi connectivity index (χ2v) is 7.47. The van der Waals surface area contributed by atoms with Gasteiger partial charge >= 0.3 is 0 Å². The van der Waals surface area contributed by atoms with Gasteiger partial charge in [-0.3, -0.25) is 4.72 Å². The van der Waals surface area contributed by atoms with Crippen molar-refractivity contribution in [2.24, 2.45) is 0 Å². The zero-order valence-electron chi connectivity index (χ0n) is 10.2. The van der Waals surface area contributed by atoms with Crippen molar-refractivity contribution in [2.45, 2.75) is 4.90 Å². The standard InChI is InChI=1S/C12H8Br2F2N2O2S/c13-6-1-2-10(8(14)3-6)18-21(19,20)11-5-7(17)4-9(15)12(11)16/h1-5,18H,17H2. The fourth-order valence-corrected chi connectivity index (χ4v) is 4.03. The molecule has 0 aromatic heterocycles. The Morgan fingerprint density at radius 3 is 2.38 bits per heavy atom. The minimum absolute atomic E-state index is 0.181. The van der Waals surface area contributed by atoms with Crippen LogP contribution in [0.2, 0.25) is 0 Å². The molecule has 112 valence electrons. The summed E-state index contributed by atoms with van der Waals surface area (Å²) in [7, 11) is -4.31. The lowest BCUT2D eigenvalue weighted by molar-refractivity contribution is 0.486. The Hall–Kier alpha value is -1.19. The molecule has 0 unspecified atom stereocenters. The van der Waals surface area contributed by atoms with E-state index in [-0.39, 0.29) is 11.4 Å². The highest BCUT2D eigenvalue weighted by molar-refractivity contribution is 9.11. The smallest absolute Gasteiger partial charge is 0.265 e. The van der Waals surface area contributed by atoms with Crippen LogP contribution in [0, 0.1) is 11.6 Å². The maximum atomic E-state index is 13.7. The number of nitrogens with two attached hydrogens (primary N) is 1. The summed E-state index contributed by atoms with van der Waals surface area (Å²) in [5, 5.41) is 0. The van der Waals surface area contributed by atoms with E-state index in [9.17, 15) is 17.2 Å². The largest absolute Gasteiger partial charge is 0.399 e. The predicted molar refractivity (Wildman–Crippen MR) is 83.4 cm³/mol. The molecule has 0 heterocycles. The topological polar surface area (TPSA) is 72.2 Å². The zero-order valence-corrected chi connectivity index (χ0v) is 14.2. The highest BCUT2D eigenvalue weighted by Gasteiger charge is 2.23. The molecule has 0 aliphatic rings. The van der Waals surface area contributed by atoms with Gasteiger partial charge in [0, 0.05) is 14.6 Å². The number of nitrogen functional groups attached to an aromatic ring is 1. The van der Waals surface area contributed by atoms with Gasteiger partial charge in [-0.25, -0.2) is 17.2 Å². The first-order valence-electron chi connectivity index (χ1n) is 5.43. The lowest BCUT2D eigenvalue weighted by atomic mass is 10.3. The third-order valence-electron chi connectivity index (χ3n) is 2.48. The van der Waals surface area contributed by atoms with Crippen molar-refractivity contribution in [2.75, 3.05) is 10.5 Å². The molecular formula is C12H8Br2F2N2O2S. The molecule has 0 radical (unpaired) electrons. The van der Waals surface area contributed by atoms with Crippen LogP contribution >= 0.6 is 31.9 Å². The summed E-state index contributed by atoms with van der Waals surface area (Å²) in [5.41, 5.74) is 5.34. The van der Waals surface area contributed by atoms with Gasteiger partial charge in [-0.15, -0.1) is 0 Å². The molecule has 9 heteroatoms. The SMILES string of the molecule is Nc1cc(F)c(F)c(S(=O)(=O)Nc2ccc(Br)cc2Br)c1. The fourth-order valence-electron chi connectivity index (χ4n) is 1.55. The van der Waals surface area contributed by atoms with Crippen molar-refractivity contribution in [1.82, 2.24) is 0 Å². The molecule has 0 bridgehead atoms. The summed E-state index contributed by atoms with van der Waals surface area (Å²) < 4.78 is 54.6. The minimum atomic E-state index is -4.31. The molecule has 21 heavy (non-hydrogen) atoms. The highest BCUT2D eigenvalue weighted by atomic mass is 79.9. The number of hydrogen-bond acceptors (Lipinski definition) is 3. The van der Waals surface area contributed by atoms with Gasteiger partial charge in [0.2, 0.25) is 0 Å². The highest BCUT2D eigenvalue weighted by Crippen LogP contribution is 2.29. The molecule has 3 N–H and O–H groups in total. The lowest BCUT2D eigenvalue weighted by Crippen LogP contribution is -2.16. The molecule has 4 nitrogen and oxygen atoms in total. The van der Waals surface area contributed by atoms with Gasteiger partial charge in [0.25, 0.3) is 10.0 Å². The maximum absolute atomic E-state index is 13.7. The first-order chi connectivity index (χ1) is 9.70. The van der Waals surface area contributed by atoms with E-state index >= 15 is 0 Å². The molecule has 0 saturated heterocycles. The molecule has 2 aromatic carbocycles. The van der Waals surface area contributed by atoms with Crippen LogP contribution in [0.1, 0.15) is 0 Å². The summed E-state index contributed by atoms with van der Waals surface area (Å²) in [4.78, 5) is -0.852. The Morgan fingerprint density at radius 1 is 1.10 bits per heavy atom. The van der Waals surface area contributed by atoms with E-state index in [0.29, 0.717) is 10.5 Å². The van der Waals surface area contributed by atoms with Crippen molar-refractivity contribution in [1.29, 1.82) is 0 Å². The molecule has 0 amide bonds. The molecule has 2 rings (SSSR count). The van der Waals surface area contributed by atoms with E-state index in [4.69, 9.17) is 5.73 Å². The molecule has 0 spiro atoms. The van der Waals surface area contributed by atoms with Gasteiger partial charge in [-0.05, 0) is 46.3 Å². The number of halogens is 4. The Bertz CT molecular complexity index is 813. The summed E-state index contributed by atoms with van der Waals surface area (Å²) >= 11 is 6.39. The molecule has 0 atom stereocenters. The van der Waals surface area contributed by atoms with E-state index < -0.39 is 26.6 Å². The Labute approximate surface area is 136 Å². The lowest BCUT2D eigenvalue weighted by Gasteiger charge is -2.11. The number of hydrogen-bond donors (Lipinski definition) is 2. The van der Waals surface area contributed by atoms with Crippen molar-refractivity contribution in [3.8, 4) is 0 Å². The van der Waals surface area contributed by atoms with Crippen molar-refractivity contribution < 1.29 is 17.2 Å². The average Bonchev–Trinajstić information content (AvgIpc) is 2.37. The molecule has 0 saturated carbocycles. The van der Waals surface area contributed by atoms with Gasteiger partial charge in [-0.1, -0.05) is 15.9 Å². The second-order valence-electron chi connectivity index (χ2n) is 4.04. The second kappa shape index (κ2) is 5.90. The molecule has 2 aromatic rings. The van der Waals surface area contributed by atoms with Crippen LogP contribution in [0.25, 0.3) is 0 Å². The monoisotopic (exact) mass is 440 g/mol. The molecule has 0 aliphatic carbocycles. The van der Waals surface area contributed by atoms with Gasteiger partial charge in [-0.2, -0.15) is 0 Å². The Balaban J connectivity index is 2.48. The average molecular weight is 442 g/mol. The summed E-state index contributed by atoms with van der Waals surface area (Å²) in [6, 6.07) is 6.23. The molecule has 0 aliphatic heterocycles. The van der Waals surface area contributed by atoms with Gasteiger partial charge in [0.1, 0.15) is 4.90 Å². The number of rotatable bonds is 3. The molecule has 0 fully saturated rings. The molecular weight excluding hydrogens is 434 g/mol. The van der Waals surface area contributed by atoms with E-state index in [1.54, 1.807) is 12.1 Å². The zero-order chi connectivity index (χ0) is 15.8. The Kier molecular flexibility index (Phi) is 4.54. The normalized spacial score (nSPS) is 11.4. The third kappa shape index (κ3) is 3.53. The van der Waals surface area contributed by atoms with E-state index in [1.807, 2.05) is 0 Å². The summed E-state index contributed by atoms with van der Waals surface area (Å²) in [6.07, 6.45) is 0. The van der Waals surface area contributed by atoms with Gasteiger partial charge < -0.3 is 5.73 Å². The predicted octanol–water partition coefficient (Wildman–Crippen LogP) is 3.87. The van der Waals surface area contributed by atoms with Crippen molar-refractivity contribution in [3.05, 3.63) is 50.9 Å². The van der Waals surface area contributed by atoms with E-state index in [1.165, 1.54) is 6.07 Å². The quantitative estimate of drug-likeness (QED) is 0.710. The van der Waals surface area contributed by atoms with Crippen LogP contribution in [0.5, 0.6) is 0 Å². The van der Waals surface area contributed by atoms with Gasteiger partial charge in [0.15, 0.2) is 11.6 Å². The summed E-state index contributed by atoms with van der Waals surface area (Å²) in [5.74, 6) is -2.81. The number of benzene rings is 2.